The van der Waals surface area contributed by atoms with Crippen molar-refractivity contribution in [2.24, 2.45) is 5.14 Å². The van der Waals surface area contributed by atoms with Gasteiger partial charge in [0.25, 0.3) is 0 Å². The number of nitrogens with zero attached hydrogens (tertiary/aromatic N) is 1. The molecule has 0 radical (unpaired) electrons. The smallest absolute Gasteiger partial charge is 0.329 e. The first kappa shape index (κ1) is 16.7. The molecule has 0 aromatic heterocycles. The predicted molar refractivity (Wildman–Crippen MR) is 72.6 cm³/mol. The van der Waals surface area contributed by atoms with Gasteiger partial charge >= 0.3 is 12.0 Å². The summed E-state index contributed by atoms with van der Waals surface area (Å²) in [5.41, 5.74) is -1.21. The molecular formula is C11H21N3O5S. The Morgan fingerprint density at radius 2 is 2.05 bits per heavy atom. The highest BCUT2D eigenvalue weighted by Gasteiger charge is 2.43. The second-order valence-corrected chi connectivity index (χ2v) is 6.87. The van der Waals surface area contributed by atoms with Crippen molar-refractivity contribution in [2.45, 2.75) is 38.1 Å². The zero-order valence-corrected chi connectivity index (χ0v) is 12.3. The standard InChI is InChI=1S/C11H21N3O5S/c1-11(9(15)16)5-2-3-7-14(11)10(17)13-6-4-8-20(12,18)19/h2-8H2,1H3,(H,13,17)(H,15,16)(H2,12,18,19). The van der Waals surface area contributed by atoms with Gasteiger partial charge in [0.15, 0.2) is 0 Å². The zero-order valence-electron chi connectivity index (χ0n) is 11.5. The molecule has 0 saturated carbocycles. The number of sulfonamides is 1. The molecule has 1 fully saturated rings. The molecule has 9 heteroatoms. The molecule has 1 atom stereocenters. The van der Waals surface area contributed by atoms with E-state index in [4.69, 9.17) is 5.14 Å². The Labute approximate surface area is 118 Å². The summed E-state index contributed by atoms with van der Waals surface area (Å²) >= 11 is 0. The molecule has 1 heterocycles. The first-order valence-electron chi connectivity index (χ1n) is 6.46. The highest BCUT2D eigenvalue weighted by Crippen LogP contribution is 2.28. The van der Waals surface area contributed by atoms with Crippen molar-refractivity contribution < 1.29 is 23.1 Å². The Kier molecular flexibility index (Phi) is 5.35. The largest absolute Gasteiger partial charge is 0.480 e. The topological polar surface area (TPSA) is 130 Å². The summed E-state index contributed by atoms with van der Waals surface area (Å²) in [6.07, 6.45) is 2.13. The summed E-state index contributed by atoms with van der Waals surface area (Å²) in [7, 11) is -3.54. The van der Waals surface area contributed by atoms with Gasteiger partial charge in [0, 0.05) is 13.1 Å². The number of aliphatic carboxylic acids is 1. The van der Waals surface area contributed by atoms with Crippen molar-refractivity contribution in [3.8, 4) is 0 Å². The van der Waals surface area contributed by atoms with Crippen molar-refractivity contribution in [2.75, 3.05) is 18.8 Å². The molecule has 1 rings (SSSR count). The average Bonchev–Trinajstić information content (AvgIpc) is 2.33. The number of rotatable bonds is 5. The van der Waals surface area contributed by atoms with Crippen LogP contribution in [0.15, 0.2) is 0 Å². The van der Waals surface area contributed by atoms with Gasteiger partial charge in [0.2, 0.25) is 10.0 Å². The van der Waals surface area contributed by atoms with E-state index in [1.165, 1.54) is 11.8 Å². The van der Waals surface area contributed by atoms with Gasteiger partial charge in [-0.15, -0.1) is 0 Å². The number of carboxylic acid groups (broad SMARTS) is 1. The van der Waals surface area contributed by atoms with Gasteiger partial charge in [-0.2, -0.15) is 0 Å². The number of nitrogens with one attached hydrogen (secondary N) is 1. The molecule has 1 saturated heterocycles. The Balaban J connectivity index is 2.54. The zero-order chi connectivity index (χ0) is 15.4. The van der Waals surface area contributed by atoms with Gasteiger partial charge in [-0.1, -0.05) is 0 Å². The lowest BCUT2D eigenvalue weighted by Gasteiger charge is -2.41. The summed E-state index contributed by atoms with van der Waals surface area (Å²) < 4.78 is 21.5. The Morgan fingerprint density at radius 3 is 2.60 bits per heavy atom. The summed E-state index contributed by atoms with van der Waals surface area (Å²) in [4.78, 5) is 24.6. The van der Waals surface area contributed by atoms with E-state index >= 15 is 0 Å². The Morgan fingerprint density at radius 1 is 1.40 bits per heavy atom. The molecule has 1 aliphatic heterocycles. The lowest BCUT2D eigenvalue weighted by atomic mass is 9.89. The number of carbonyl (C=O) groups excluding carboxylic acids is 1. The van der Waals surface area contributed by atoms with Crippen LogP contribution >= 0.6 is 0 Å². The predicted octanol–water partition coefficient (Wildman–Crippen LogP) is -0.296. The van der Waals surface area contributed by atoms with E-state index in [1.807, 2.05) is 0 Å². The Hall–Kier alpha value is -1.35. The van der Waals surface area contributed by atoms with Gasteiger partial charge in [-0.25, -0.2) is 23.1 Å². The van der Waals surface area contributed by atoms with E-state index in [-0.39, 0.29) is 18.7 Å². The van der Waals surface area contributed by atoms with Crippen LogP contribution in [0.2, 0.25) is 0 Å². The number of carboxylic acids is 1. The molecule has 4 N–H and O–H groups in total. The maximum Gasteiger partial charge on any atom is 0.329 e. The quantitative estimate of drug-likeness (QED) is 0.601. The monoisotopic (exact) mass is 307 g/mol. The first-order chi connectivity index (χ1) is 9.17. The normalized spacial score (nSPS) is 23.4. The van der Waals surface area contributed by atoms with Crippen molar-refractivity contribution in [1.29, 1.82) is 0 Å². The fraction of sp³-hybridized carbons (Fsp3) is 0.818. The lowest BCUT2D eigenvalue weighted by molar-refractivity contribution is -0.150. The summed E-state index contributed by atoms with van der Waals surface area (Å²) in [5, 5.41) is 16.7. The number of urea groups is 1. The van der Waals surface area contributed by atoms with Crippen LogP contribution in [-0.2, 0) is 14.8 Å². The average molecular weight is 307 g/mol. The van der Waals surface area contributed by atoms with E-state index in [0.29, 0.717) is 13.0 Å². The minimum absolute atomic E-state index is 0.140. The molecule has 0 aromatic carbocycles. The molecule has 0 bridgehead atoms. The number of carbonyl (C=O) groups is 2. The number of nitrogens with two attached hydrogens (primary N) is 1. The molecule has 1 aliphatic rings. The van der Waals surface area contributed by atoms with Gasteiger partial charge < -0.3 is 15.3 Å². The van der Waals surface area contributed by atoms with Crippen LogP contribution in [0.5, 0.6) is 0 Å². The van der Waals surface area contributed by atoms with Crippen LogP contribution < -0.4 is 10.5 Å². The maximum atomic E-state index is 12.0. The second-order valence-electron chi connectivity index (χ2n) is 5.14. The van der Waals surface area contributed by atoms with Crippen LogP contribution in [-0.4, -0.2) is 54.8 Å². The van der Waals surface area contributed by atoms with Crippen molar-refractivity contribution in [3.05, 3.63) is 0 Å². The van der Waals surface area contributed by atoms with Crippen LogP contribution in [0.3, 0.4) is 0 Å². The van der Waals surface area contributed by atoms with E-state index < -0.39 is 27.6 Å². The highest BCUT2D eigenvalue weighted by atomic mass is 32.2. The summed E-state index contributed by atoms with van der Waals surface area (Å²) in [6.45, 7) is 2.05. The lowest BCUT2D eigenvalue weighted by Crippen LogP contribution is -2.60. The van der Waals surface area contributed by atoms with E-state index in [9.17, 15) is 23.1 Å². The molecular weight excluding hydrogens is 286 g/mol. The molecule has 0 aromatic rings. The van der Waals surface area contributed by atoms with Gasteiger partial charge in [0.1, 0.15) is 5.54 Å². The van der Waals surface area contributed by atoms with Gasteiger partial charge in [-0.05, 0) is 32.6 Å². The number of primary sulfonamides is 1. The first-order valence-corrected chi connectivity index (χ1v) is 8.18. The van der Waals surface area contributed by atoms with Gasteiger partial charge in [-0.3, -0.25) is 0 Å². The molecule has 1 unspecified atom stereocenters. The Bertz CT molecular complexity index is 478. The van der Waals surface area contributed by atoms with Crippen molar-refractivity contribution in [3.63, 3.8) is 0 Å². The fourth-order valence-corrected chi connectivity index (χ4v) is 2.78. The SMILES string of the molecule is CC1(C(=O)O)CCCCN1C(=O)NCCCS(N)(=O)=O. The number of likely N-dealkylation sites (tertiary alicyclic amines) is 1. The third-order valence-electron chi connectivity index (χ3n) is 3.48. The molecule has 0 spiro atoms. The highest BCUT2D eigenvalue weighted by molar-refractivity contribution is 7.89. The second kappa shape index (κ2) is 6.40. The van der Waals surface area contributed by atoms with Crippen molar-refractivity contribution >= 4 is 22.0 Å². The third kappa shape index (κ3) is 4.34. The number of hydrogen-bond donors (Lipinski definition) is 3. The minimum atomic E-state index is -3.54. The van der Waals surface area contributed by atoms with E-state index in [0.717, 1.165) is 12.8 Å². The minimum Gasteiger partial charge on any atom is -0.480 e. The fourth-order valence-electron chi connectivity index (χ4n) is 2.23. The molecule has 2 amide bonds. The number of amides is 2. The van der Waals surface area contributed by atoms with Crippen LogP contribution in [0.1, 0.15) is 32.6 Å². The van der Waals surface area contributed by atoms with Crippen molar-refractivity contribution in [1.82, 2.24) is 10.2 Å². The van der Waals surface area contributed by atoms with Crippen LogP contribution in [0, 0.1) is 0 Å². The number of piperidine rings is 1. The summed E-state index contributed by atoms with van der Waals surface area (Å²) in [5.74, 6) is -1.25. The number of hydrogen-bond acceptors (Lipinski definition) is 4. The van der Waals surface area contributed by atoms with Gasteiger partial charge in [0.05, 0.1) is 5.75 Å². The third-order valence-corrected chi connectivity index (χ3v) is 4.34. The van der Waals surface area contributed by atoms with E-state index in [2.05, 4.69) is 5.32 Å². The molecule has 8 nitrogen and oxygen atoms in total. The molecule has 0 aliphatic carbocycles. The molecule has 116 valence electrons. The van der Waals surface area contributed by atoms with Crippen LogP contribution in [0.4, 0.5) is 4.79 Å². The molecule has 20 heavy (non-hydrogen) atoms. The maximum absolute atomic E-state index is 12.0. The van der Waals surface area contributed by atoms with Crippen LogP contribution in [0.25, 0.3) is 0 Å². The summed E-state index contributed by atoms with van der Waals surface area (Å²) in [6, 6.07) is -0.482. The van der Waals surface area contributed by atoms with E-state index in [1.54, 1.807) is 0 Å².